The van der Waals surface area contributed by atoms with Gasteiger partial charge in [-0.2, -0.15) is 11.8 Å². The van der Waals surface area contributed by atoms with E-state index in [1.165, 1.54) is 12.1 Å². The van der Waals surface area contributed by atoms with E-state index in [1.54, 1.807) is 23.9 Å². The summed E-state index contributed by atoms with van der Waals surface area (Å²) >= 11 is 1.80. The Labute approximate surface area is 97.2 Å². The molecule has 1 aliphatic rings. The van der Waals surface area contributed by atoms with E-state index >= 15 is 0 Å². The first-order valence-corrected chi connectivity index (χ1v) is 7.81. The van der Waals surface area contributed by atoms with Gasteiger partial charge in [0.05, 0.1) is 4.90 Å². The fraction of sp³-hybridized carbons (Fsp3) is 0.333. The summed E-state index contributed by atoms with van der Waals surface area (Å²) in [6.45, 7) is 0. The molecule has 0 atom stereocenters. The molecule has 3 nitrogen and oxygen atoms in total. The average molecular weight is 265 g/mol. The summed E-state index contributed by atoms with van der Waals surface area (Å²) < 4.78 is 27.7. The van der Waals surface area contributed by atoms with E-state index in [4.69, 9.17) is 15.4 Å². The number of ether oxygens (including phenoxy) is 1. The molecular weight excluding hydrogens is 256 g/mol. The van der Waals surface area contributed by atoms with Crippen LogP contribution in [0.25, 0.3) is 0 Å². The van der Waals surface area contributed by atoms with Crippen LogP contribution in [0.4, 0.5) is 0 Å². The van der Waals surface area contributed by atoms with Gasteiger partial charge in [-0.05, 0) is 12.1 Å². The first-order valence-electron chi connectivity index (χ1n) is 4.35. The monoisotopic (exact) mass is 264 g/mol. The Morgan fingerprint density at radius 3 is 2.67 bits per heavy atom. The van der Waals surface area contributed by atoms with Crippen molar-refractivity contribution in [2.75, 3.05) is 11.5 Å². The van der Waals surface area contributed by atoms with Crippen LogP contribution in [-0.2, 0) is 9.05 Å². The van der Waals surface area contributed by atoms with Gasteiger partial charge in [0, 0.05) is 28.3 Å². The van der Waals surface area contributed by atoms with Crippen LogP contribution < -0.4 is 4.74 Å². The molecular formula is C9H9ClO3S2. The summed E-state index contributed by atoms with van der Waals surface area (Å²) in [6, 6.07) is 6.25. The van der Waals surface area contributed by atoms with Crippen molar-refractivity contribution < 1.29 is 13.2 Å². The molecule has 6 heteroatoms. The van der Waals surface area contributed by atoms with Crippen molar-refractivity contribution in [2.24, 2.45) is 0 Å². The quantitative estimate of drug-likeness (QED) is 0.785. The Bertz CT molecular complexity index is 454. The van der Waals surface area contributed by atoms with E-state index < -0.39 is 9.05 Å². The van der Waals surface area contributed by atoms with Crippen molar-refractivity contribution in [3.05, 3.63) is 24.3 Å². The predicted octanol–water partition coefficient (Wildman–Crippen LogP) is 2.11. The Hall–Kier alpha value is -0.390. The molecule has 0 unspecified atom stereocenters. The van der Waals surface area contributed by atoms with Crippen molar-refractivity contribution in [2.45, 2.75) is 11.0 Å². The van der Waals surface area contributed by atoms with E-state index in [0.29, 0.717) is 5.75 Å². The normalized spacial score (nSPS) is 17.1. The Kier molecular flexibility index (Phi) is 3.13. The lowest BCUT2D eigenvalue weighted by molar-refractivity contribution is 0.240. The van der Waals surface area contributed by atoms with E-state index in [9.17, 15) is 8.42 Å². The second kappa shape index (κ2) is 4.23. The van der Waals surface area contributed by atoms with Gasteiger partial charge in [0.2, 0.25) is 0 Å². The van der Waals surface area contributed by atoms with Crippen molar-refractivity contribution >= 4 is 31.5 Å². The average Bonchev–Trinajstić information content (AvgIpc) is 2.11. The Balaban J connectivity index is 2.18. The molecule has 1 heterocycles. The number of thioether (sulfide) groups is 1. The zero-order chi connectivity index (χ0) is 10.9. The molecule has 15 heavy (non-hydrogen) atoms. The van der Waals surface area contributed by atoms with Gasteiger partial charge < -0.3 is 4.74 Å². The maximum absolute atomic E-state index is 11.1. The standard InChI is InChI=1S/C9H9ClO3S2/c10-15(11,12)9-3-1-2-7(4-9)13-8-5-14-6-8/h1-4,8H,5-6H2. The molecule has 82 valence electrons. The van der Waals surface area contributed by atoms with Gasteiger partial charge in [-0.1, -0.05) is 6.07 Å². The summed E-state index contributed by atoms with van der Waals surface area (Å²) in [7, 11) is 1.56. The molecule has 0 saturated carbocycles. The Morgan fingerprint density at radius 2 is 2.13 bits per heavy atom. The summed E-state index contributed by atoms with van der Waals surface area (Å²) in [6.07, 6.45) is 0.197. The van der Waals surface area contributed by atoms with Crippen molar-refractivity contribution in [1.29, 1.82) is 0 Å². The number of rotatable bonds is 3. The maximum atomic E-state index is 11.1. The molecule has 0 aliphatic carbocycles. The fourth-order valence-electron chi connectivity index (χ4n) is 1.17. The molecule has 0 N–H and O–H groups in total. The third kappa shape index (κ3) is 2.80. The number of hydrogen-bond acceptors (Lipinski definition) is 4. The summed E-state index contributed by atoms with van der Waals surface area (Å²) in [5.41, 5.74) is 0. The summed E-state index contributed by atoms with van der Waals surface area (Å²) in [5.74, 6) is 2.47. The first kappa shape index (κ1) is 11.1. The largest absolute Gasteiger partial charge is 0.489 e. The van der Waals surface area contributed by atoms with Crippen LogP contribution in [0.15, 0.2) is 29.2 Å². The number of halogens is 1. The van der Waals surface area contributed by atoms with Crippen LogP contribution in [0.3, 0.4) is 0 Å². The predicted molar refractivity (Wildman–Crippen MR) is 61.2 cm³/mol. The van der Waals surface area contributed by atoms with Crippen molar-refractivity contribution in [3.8, 4) is 5.75 Å². The van der Waals surface area contributed by atoms with Gasteiger partial charge in [-0.15, -0.1) is 0 Å². The van der Waals surface area contributed by atoms with Crippen LogP contribution in [-0.4, -0.2) is 26.0 Å². The highest BCUT2D eigenvalue weighted by Gasteiger charge is 2.20. The lowest BCUT2D eigenvalue weighted by atomic mass is 10.3. The van der Waals surface area contributed by atoms with Gasteiger partial charge in [-0.3, -0.25) is 0 Å². The highest BCUT2D eigenvalue weighted by molar-refractivity contribution is 8.13. The van der Waals surface area contributed by atoms with Gasteiger partial charge in [0.1, 0.15) is 11.9 Å². The molecule has 0 amide bonds. The molecule has 0 bridgehead atoms. The van der Waals surface area contributed by atoms with E-state index in [0.717, 1.165) is 11.5 Å². The molecule has 2 rings (SSSR count). The highest BCUT2D eigenvalue weighted by atomic mass is 35.7. The molecule has 1 aromatic carbocycles. The zero-order valence-electron chi connectivity index (χ0n) is 7.72. The van der Waals surface area contributed by atoms with Gasteiger partial charge >= 0.3 is 0 Å². The molecule has 0 radical (unpaired) electrons. The molecule has 1 aliphatic heterocycles. The molecule has 1 aromatic rings. The third-order valence-electron chi connectivity index (χ3n) is 2.00. The van der Waals surface area contributed by atoms with E-state index in [2.05, 4.69) is 0 Å². The minimum atomic E-state index is -3.66. The molecule has 0 aromatic heterocycles. The fourth-order valence-corrected chi connectivity index (χ4v) is 2.52. The van der Waals surface area contributed by atoms with E-state index in [1.807, 2.05) is 0 Å². The van der Waals surface area contributed by atoms with Crippen LogP contribution in [0.1, 0.15) is 0 Å². The van der Waals surface area contributed by atoms with Crippen molar-refractivity contribution in [1.82, 2.24) is 0 Å². The summed E-state index contributed by atoms with van der Waals surface area (Å²) in [5, 5.41) is 0. The molecule has 1 saturated heterocycles. The maximum Gasteiger partial charge on any atom is 0.261 e. The van der Waals surface area contributed by atoms with Crippen LogP contribution in [0, 0.1) is 0 Å². The minimum absolute atomic E-state index is 0.0774. The lowest BCUT2D eigenvalue weighted by Gasteiger charge is -2.25. The summed E-state index contributed by atoms with van der Waals surface area (Å²) in [4.78, 5) is 0.0774. The number of hydrogen-bond donors (Lipinski definition) is 0. The van der Waals surface area contributed by atoms with Crippen LogP contribution >= 0.6 is 22.4 Å². The second-order valence-electron chi connectivity index (χ2n) is 3.19. The van der Waals surface area contributed by atoms with Gasteiger partial charge in [0.15, 0.2) is 0 Å². The van der Waals surface area contributed by atoms with E-state index in [-0.39, 0.29) is 11.0 Å². The minimum Gasteiger partial charge on any atom is -0.489 e. The Morgan fingerprint density at radius 1 is 1.40 bits per heavy atom. The van der Waals surface area contributed by atoms with Crippen LogP contribution in [0.5, 0.6) is 5.75 Å². The lowest BCUT2D eigenvalue weighted by Crippen LogP contribution is -2.31. The first-order chi connectivity index (χ1) is 7.05. The molecule has 0 spiro atoms. The number of benzene rings is 1. The highest BCUT2D eigenvalue weighted by Crippen LogP contribution is 2.26. The zero-order valence-corrected chi connectivity index (χ0v) is 10.1. The third-order valence-corrected chi connectivity index (χ3v) is 4.56. The van der Waals surface area contributed by atoms with Gasteiger partial charge in [0.25, 0.3) is 9.05 Å². The second-order valence-corrected chi connectivity index (χ2v) is 6.83. The molecule has 1 fully saturated rings. The SMILES string of the molecule is O=S(=O)(Cl)c1cccc(OC2CSC2)c1. The smallest absolute Gasteiger partial charge is 0.261 e. The van der Waals surface area contributed by atoms with Crippen LogP contribution in [0.2, 0.25) is 0 Å². The topological polar surface area (TPSA) is 43.4 Å². The van der Waals surface area contributed by atoms with Gasteiger partial charge in [-0.25, -0.2) is 8.42 Å². The van der Waals surface area contributed by atoms with Crippen molar-refractivity contribution in [3.63, 3.8) is 0 Å².